The van der Waals surface area contributed by atoms with Crippen LogP contribution in [0.1, 0.15) is 37.9 Å². The van der Waals surface area contributed by atoms with E-state index in [2.05, 4.69) is 15.9 Å². The van der Waals surface area contributed by atoms with Crippen molar-refractivity contribution < 1.29 is 23.9 Å². The Morgan fingerprint density at radius 2 is 1.41 bits per heavy atom. The third-order valence-electron chi connectivity index (χ3n) is 6.64. The number of hydrogen-bond acceptors (Lipinski definition) is 5. The maximum absolute atomic E-state index is 13.7. The van der Waals surface area contributed by atoms with Crippen LogP contribution in [-0.2, 0) is 4.79 Å². The highest BCUT2D eigenvalue weighted by molar-refractivity contribution is 9.10. The summed E-state index contributed by atoms with van der Waals surface area (Å²) >= 11 is 28.4. The molecule has 0 unspecified atom stereocenters. The first-order valence-corrected chi connectivity index (χ1v) is 13.1. The van der Waals surface area contributed by atoms with E-state index >= 15 is 0 Å². The van der Waals surface area contributed by atoms with E-state index in [1.54, 1.807) is 24.3 Å². The van der Waals surface area contributed by atoms with E-state index < -0.39 is 29.8 Å². The number of β-lactam (4-membered cyclic amide) rings is 1. The Morgan fingerprint density at radius 3 is 2.03 bits per heavy atom. The molecule has 37 heavy (non-hydrogen) atoms. The van der Waals surface area contributed by atoms with E-state index in [1.165, 1.54) is 4.90 Å². The number of aryl methyl sites for hydroxylation is 1. The molecule has 0 saturated carbocycles. The van der Waals surface area contributed by atoms with Gasteiger partial charge < -0.3 is 14.4 Å². The number of ether oxygens (including phenoxy) is 2. The highest BCUT2D eigenvalue weighted by Crippen LogP contribution is 2.50. The van der Waals surface area contributed by atoms with Crippen molar-refractivity contribution in [3.8, 4) is 11.5 Å². The van der Waals surface area contributed by atoms with E-state index in [0.29, 0.717) is 22.7 Å². The van der Waals surface area contributed by atoms with Gasteiger partial charge in [-0.15, -0.1) is 0 Å². The van der Waals surface area contributed by atoms with E-state index in [9.17, 15) is 14.4 Å². The molecule has 0 aliphatic carbocycles. The molecule has 3 heterocycles. The number of hydrogen-bond donors (Lipinski definition) is 0. The monoisotopic (exact) mass is 640 g/mol. The van der Waals surface area contributed by atoms with Gasteiger partial charge in [0.05, 0.1) is 37.3 Å². The van der Waals surface area contributed by atoms with Crippen LogP contribution in [0, 0.1) is 6.92 Å². The molecule has 3 aromatic rings. The molecule has 6 rings (SSSR count). The smallest absolute Gasteiger partial charge is 0.264 e. The Bertz CT molecular complexity index is 1530. The Labute approximate surface area is 238 Å². The number of halogens is 5. The molecule has 0 aromatic heterocycles. The number of imide groups is 1. The van der Waals surface area contributed by atoms with Gasteiger partial charge in [-0.05, 0) is 48.4 Å². The van der Waals surface area contributed by atoms with E-state index in [-0.39, 0.29) is 38.0 Å². The fourth-order valence-electron chi connectivity index (χ4n) is 4.84. The first-order chi connectivity index (χ1) is 17.6. The van der Waals surface area contributed by atoms with Gasteiger partial charge >= 0.3 is 0 Å². The van der Waals surface area contributed by atoms with Crippen molar-refractivity contribution in [2.24, 2.45) is 0 Å². The fraction of sp³-hybridized carbons (Fsp3) is 0.160. The van der Waals surface area contributed by atoms with Gasteiger partial charge in [0.15, 0.2) is 11.5 Å². The molecular formula is C25H13BrCl4N2O5. The fourth-order valence-corrected chi connectivity index (χ4v) is 6.10. The van der Waals surface area contributed by atoms with Gasteiger partial charge in [-0.3, -0.25) is 19.3 Å². The molecule has 0 bridgehead atoms. The molecule has 0 spiro atoms. The van der Waals surface area contributed by atoms with Crippen LogP contribution in [0.15, 0.2) is 40.9 Å². The summed E-state index contributed by atoms with van der Waals surface area (Å²) in [6.45, 7) is 1.96. The van der Waals surface area contributed by atoms with Crippen LogP contribution in [-0.4, -0.2) is 35.5 Å². The average molecular weight is 643 g/mol. The second kappa shape index (κ2) is 8.78. The van der Waals surface area contributed by atoms with Crippen LogP contribution in [0.2, 0.25) is 20.1 Å². The topological polar surface area (TPSA) is 76.2 Å². The van der Waals surface area contributed by atoms with Gasteiger partial charge in [-0.25, -0.2) is 0 Å². The van der Waals surface area contributed by atoms with Crippen LogP contribution in [0.4, 0.5) is 5.69 Å². The number of carbonyl (C=O) groups excluding carboxylic acids is 3. The molecule has 188 valence electrons. The highest BCUT2D eigenvalue weighted by atomic mass is 79.9. The van der Waals surface area contributed by atoms with Crippen molar-refractivity contribution in [3.05, 3.63) is 83.2 Å². The summed E-state index contributed by atoms with van der Waals surface area (Å²) in [4.78, 5) is 43.3. The zero-order chi connectivity index (χ0) is 26.3. The zero-order valence-corrected chi connectivity index (χ0v) is 23.3. The molecule has 2 atom stereocenters. The second-order valence-corrected chi connectivity index (χ2v) is 11.0. The average Bonchev–Trinajstić information content (AvgIpc) is 3.44. The minimum atomic E-state index is -1.18. The van der Waals surface area contributed by atoms with Gasteiger partial charge in [0.25, 0.3) is 17.7 Å². The quantitative estimate of drug-likeness (QED) is 0.135. The maximum atomic E-state index is 13.7. The lowest BCUT2D eigenvalue weighted by Gasteiger charge is -2.49. The Hall–Kier alpha value is -2.49. The summed E-state index contributed by atoms with van der Waals surface area (Å²) in [7, 11) is 0. The minimum Gasteiger partial charge on any atom is -0.454 e. The minimum absolute atomic E-state index is 0.0678. The van der Waals surface area contributed by atoms with Crippen molar-refractivity contribution in [1.29, 1.82) is 0 Å². The van der Waals surface area contributed by atoms with Gasteiger partial charge in [0, 0.05) is 10.2 Å². The predicted molar refractivity (Wildman–Crippen MR) is 142 cm³/mol. The van der Waals surface area contributed by atoms with Crippen LogP contribution >= 0.6 is 62.3 Å². The van der Waals surface area contributed by atoms with Gasteiger partial charge in [-0.1, -0.05) is 68.4 Å². The third kappa shape index (κ3) is 3.50. The van der Waals surface area contributed by atoms with Crippen LogP contribution < -0.4 is 14.4 Å². The molecule has 1 fully saturated rings. The van der Waals surface area contributed by atoms with E-state index in [1.807, 2.05) is 19.1 Å². The molecule has 0 N–H and O–H groups in total. The SMILES string of the molecule is Cc1cc(N2C(=O)[C@@H](N3C(=O)c4c(Cl)c(Cl)c(Cl)c(Cl)c4C3=O)[C@@H]2c2ccc3c(c2)OCO3)ccc1Br. The predicted octanol–water partition coefficient (Wildman–Crippen LogP) is 6.85. The summed E-state index contributed by atoms with van der Waals surface area (Å²) in [5, 5.41) is -0.680. The van der Waals surface area contributed by atoms with Gasteiger partial charge in [-0.2, -0.15) is 0 Å². The number of rotatable bonds is 3. The molecule has 7 nitrogen and oxygen atoms in total. The van der Waals surface area contributed by atoms with Crippen molar-refractivity contribution in [3.63, 3.8) is 0 Å². The largest absolute Gasteiger partial charge is 0.454 e. The molecule has 3 aliphatic rings. The molecule has 0 radical (unpaired) electrons. The van der Waals surface area contributed by atoms with Crippen LogP contribution in [0.3, 0.4) is 0 Å². The molecule has 1 saturated heterocycles. The lowest BCUT2D eigenvalue weighted by atomic mass is 9.86. The number of nitrogens with zero attached hydrogens (tertiary/aromatic N) is 2. The highest BCUT2D eigenvalue weighted by Gasteiger charge is 2.58. The molecule has 3 aliphatic heterocycles. The standard InChI is InChI=1S/C25H13BrCl4N2O5/c1-9-6-11(3-4-12(9)26)31-21(10-2-5-13-14(7-10)37-8-36-13)22(25(31)35)32-23(33)15-16(24(32)34)18(28)20(30)19(29)17(15)27/h2-7,21-22H,8H2,1H3/t21-,22-/m0/s1. The van der Waals surface area contributed by atoms with Crippen molar-refractivity contribution in [1.82, 2.24) is 4.90 Å². The normalized spacial score (nSPS) is 20.0. The third-order valence-corrected chi connectivity index (χ3v) is 9.33. The number of benzene rings is 3. The van der Waals surface area contributed by atoms with Crippen LogP contribution in [0.5, 0.6) is 11.5 Å². The Kier molecular flexibility index (Phi) is 5.89. The Morgan fingerprint density at radius 1 is 0.784 bits per heavy atom. The van der Waals surface area contributed by atoms with Crippen molar-refractivity contribution in [2.75, 3.05) is 11.7 Å². The van der Waals surface area contributed by atoms with Crippen molar-refractivity contribution in [2.45, 2.75) is 19.0 Å². The first kappa shape index (κ1) is 24.8. The summed E-state index contributed by atoms with van der Waals surface area (Å²) < 4.78 is 11.8. The number of fused-ring (bicyclic) bond motifs is 2. The number of amides is 3. The summed E-state index contributed by atoms with van der Waals surface area (Å²) in [5.74, 6) is -0.958. The molecule has 12 heteroatoms. The van der Waals surface area contributed by atoms with E-state index in [0.717, 1.165) is 14.9 Å². The second-order valence-electron chi connectivity index (χ2n) is 8.63. The van der Waals surface area contributed by atoms with Gasteiger partial charge in [0.1, 0.15) is 6.04 Å². The van der Waals surface area contributed by atoms with Gasteiger partial charge in [0.2, 0.25) is 6.79 Å². The lowest BCUT2D eigenvalue weighted by molar-refractivity contribution is -0.130. The summed E-state index contributed by atoms with van der Waals surface area (Å²) in [5.41, 5.74) is 1.78. The van der Waals surface area contributed by atoms with Crippen molar-refractivity contribution >= 4 is 85.7 Å². The van der Waals surface area contributed by atoms with E-state index in [4.69, 9.17) is 55.9 Å². The maximum Gasteiger partial charge on any atom is 0.264 e. The number of carbonyl (C=O) groups is 3. The Balaban J connectivity index is 1.48. The molecule has 3 amide bonds. The lowest BCUT2D eigenvalue weighted by Crippen LogP contribution is -2.67. The number of anilines is 1. The summed E-state index contributed by atoms with van der Waals surface area (Å²) in [6, 6.07) is 8.76. The summed E-state index contributed by atoms with van der Waals surface area (Å²) in [6.07, 6.45) is 0. The van der Waals surface area contributed by atoms with Crippen LogP contribution in [0.25, 0.3) is 0 Å². The molecule has 3 aromatic carbocycles. The molecular weight excluding hydrogens is 630 g/mol. The zero-order valence-electron chi connectivity index (χ0n) is 18.7. The first-order valence-electron chi connectivity index (χ1n) is 10.8.